The zero-order valence-corrected chi connectivity index (χ0v) is 17.4. The van der Waals surface area contributed by atoms with Crippen LogP contribution in [-0.2, 0) is 4.79 Å². The van der Waals surface area contributed by atoms with Gasteiger partial charge >= 0.3 is 0 Å². The van der Waals surface area contributed by atoms with Crippen LogP contribution in [-0.4, -0.2) is 44.0 Å². The average Bonchev–Trinajstić information content (AvgIpc) is 2.70. The summed E-state index contributed by atoms with van der Waals surface area (Å²) in [4.78, 5) is 26.1. The molecule has 2 amide bonds. The average molecular weight is 423 g/mol. The second-order valence-electron chi connectivity index (χ2n) is 6.41. The zero-order valence-electron chi connectivity index (χ0n) is 16.6. The number of nitrogens with zero attached hydrogens (tertiary/aromatic N) is 1. The summed E-state index contributed by atoms with van der Waals surface area (Å²) in [6, 6.07) is 8.38. The van der Waals surface area contributed by atoms with E-state index < -0.39 is 17.6 Å². The van der Waals surface area contributed by atoms with Crippen molar-refractivity contribution in [3.8, 4) is 11.5 Å². The number of unbranched alkanes of at least 4 members (excludes halogenated alkanes) is 1. The van der Waals surface area contributed by atoms with Gasteiger partial charge in [0.1, 0.15) is 5.82 Å². The van der Waals surface area contributed by atoms with Crippen LogP contribution >= 0.6 is 11.6 Å². The Morgan fingerprint density at radius 3 is 2.52 bits per heavy atom. The highest BCUT2D eigenvalue weighted by Gasteiger charge is 2.20. The van der Waals surface area contributed by atoms with Crippen LogP contribution in [0.4, 0.5) is 10.1 Å². The summed E-state index contributed by atoms with van der Waals surface area (Å²) in [5.41, 5.74) is 0.710. The number of ether oxygens (including phenoxy) is 2. The van der Waals surface area contributed by atoms with Gasteiger partial charge in [-0.05, 0) is 42.8 Å². The van der Waals surface area contributed by atoms with Gasteiger partial charge in [-0.1, -0.05) is 24.9 Å². The second-order valence-corrected chi connectivity index (χ2v) is 6.81. The molecule has 0 bridgehead atoms. The number of carbonyl (C=O) groups excluding carboxylic acids is 2. The van der Waals surface area contributed by atoms with E-state index in [9.17, 15) is 14.0 Å². The number of halogens is 2. The Bertz CT molecular complexity index is 859. The minimum atomic E-state index is -0.412. The Balaban J connectivity index is 2.06. The Morgan fingerprint density at radius 2 is 1.90 bits per heavy atom. The molecule has 6 nitrogen and oxygen atoms in total. The summed E-state index contributed by atoms with van der Waals surface area (Å²) in [6.07, 6.45) is 1.84. The van der Waals surface area contributed by atoms with Crippen molar-refractivity contribution in [3.63, 3.8) is 0 Å². The molecule has 0 unspecified atom stereocenters. The highest BCUT2D eigenvalue weighted by atomic mass is 35.5. The second kappa shape index (κ2) is 10.7. The van der Waals surface area contributed by atoms with Gasteiger partial charge in [0.2, 0.25) is 5.91 Å². The fourth-order valence-corrected chi connectivity index (χ4v) is 2.81. The summed E-state index contributed by atoms with van der Waals surface area (Å²) in [5, 5.41) is 2.87. The summed E-state index contributed by atoms with van der Waals surface area (Å²) >= 11 is 6.28. The third-order valence-corrected chi connectivity index (χ3v) is 4.36. The van der Waals surface area contributed by atoms with Gasteiger partial charge in [0.05, 0.1) is 25.3 Å². The number of carbonyl (C=O) groups is 2. The molecule has 29 heavy (non-hydrogen) atoms. The van der Waals surface area contributed by atoms with Crippen molar-refractivity contribution in [3.05, 3.63) is 52.8 Å². The lowest BCUT2D eigenvalue weighted by molar-refractivity contribution is -0.116. The maximum atomic E-state index is 12.9. The van der Waals surface area contributed by atoms with E-state index in [1.165, 1.54) is 55.5 Å². The van der Waals surface area contributed by atoms with Crippen molar-refractivity contribution in [1.29, 1.82) is 0 Å². The van der Waals surface area contributed by atoms with E-state index in [4.69, 9.17) is 21.1 Å². The summed E-state index contributed by atoms with van der Waals surface area (Å²) < 4.78 is 23.9. The Hall–Kier alpha value is -2.80. The van der Waals surface area contributed by atoms with Crippen molar-refractivity contribution >= 4 is 29.1 Å². The Morgan fingerprint density at radius 1 is 1.21 bits per heavy atom. The molecule has 0 fully saturated rings. The molecule has 0 saturated carbocycles. The van der Waals surface area contributed by atoms with Crippen LogP contribution in [0.2, 0.25) is 5.02 Å². The molecule has 2 rings (SSSR count). The molecule has 0 atom stereocenters. The lowest BCUT2D eigenvalue weighted by atomic mass is 10.1. The molecule has 2 aromatic rings. The number of hydrogen-bond donors (Lipinski definition) is 1. The van der Waals surface area contributed by atoms with Crippen LogP contribution in [0.1, 0.15) is 30.1 Å². The van der Waals surface area contributed by atoms with Gasteiger partial charge in [0.25, 0.3) is 5.91 Å². The van der Waals surface area contributed by atoms with Crippen molar-refractivity contribution in [2.75, 3.05) is 32.6 Å². The molecule has 0 radical (unpaired) electrons. The normalized spacial score (nSPS) is 10.4. The SMILES string of the molecule is CCCCOc1c(Cl)cc(C(=O)N(C)CC(=O)Nc2ccc(F)cc2)cc1OC. The Labute approximate surface area is 174 Å². The predicted molar refractivity (Wildman–Crippen MR) is 110 cm³/mol. The molecule has 0 aliphatic rings. The first kappa shape index (κ1) is 22.5. The van der Waals surface area contributed by atoms with Gasteiger partial charge in [-0.3, -0.25) is 9.59 Å². The largest absolute Gasteiger partial charge is 0.493 e. The number of likely N-dealkylation sites (N-methyl/N-ethyl adjacent to an activating group) is 1. The van der Waals surface area contributed by atoms with Crippen LogP contribution in [0.3, 0.4) is 0 Å². The fourth-order valence-electron chi connectivity index (χ4n) is 2.54. The molecular weight excluding hydrogens is 399 g/mol. The topological polar surface area (TPSA) is 67.9 Å². The molecule has 1 N–H and O–H groups in total. The van der Waals surface area contributed by atoms with Crippen LogP contribution < -0.4 is 14.8 Å². The van der Waals surface area contributed by atoms with Crippen molar-refractivity contribution in [2.45, 2.75) is 19.8 Å². The first-order valence-corrected chi connectivity index (χ1v) is 9.54. The minimum absolute atomic E-state index is 0.190. The molecule has 8 heteroatoms. The number of methoxy groups -OCH3 is 1. The monoisotopic (exact) mass is 422 g/mol. The van der Waals surface area contributed by atoms with Crippen LogP contribution in [0.5, 0.6) is 11.5 Å². The first-order chi connectivity index (χ1) is 13.8. The fraction of sp³-hybridized carbons (Fsp3) is 0.333. The number of benzene rings is 2. The van der Waals surface area contributed by atoms with E-state index in [0.717, 1.165) is 12.8 Å². The van der Waals surface area contributed by atoms with Crippen LogP contribution in [0.15, 0.2) is 36.4 Å². The van der Waals surface area contributed by atoms with Gasteiger partial charge in [-0.2, -0.15) is 0 Å². The van der Waals surface area contributed by atoms with E-state index >= 15 is 0 Å². The maximum absolute atomic E-state index is 12.9. The molecule has 0 heterocycles. The lowest BCUT2D eigenvalue weighted by Gasteiger charge is -2.19. The number of anilines is 1. The van der Waals surface area contributed by atoms with E-state index in [0.29, 0.717) is 23.8 Å². The summed E-state index contributed by atoms with van der Waals surface area (Å²) in [5.74, 6) is -0.482. The summed E-state index contributed by atoms with van der Waals surface area (Å²) in [6.45, 7) is 2.35. The molecule has 2 aromatic carbocycles. The lowest BCUT2D eigenvalue weighted by Crippen LogP contribution is -2.35. The molecule has 0 aromatic heterocycles. The highest BCUT2D eigenvalue weighted by molar-refractivity contribution is 6.32. The van der Waals surface area contributed by atoms with Crippen molar-refractivity contribution in [2.24, 2.45) is 0 Å². The standard InChI is InChI=1S/C21H24ClFN2O4/c1-4-5-10-29-20-17(22)11-14(12-18(20)28-3)21(27)25(2)13-19(26)24-16-8-6-15(23)7-9-16/h6-9,11-12H,4-5,10,13H2,1-3H3,(H,24,26). The number of hydrogen-bond acceptors (Lipinski definition) is 4. The van der Waals surface area contributed by atoms with E-state index in [2.05, 4.69) is 5.32 Å². The van der Waals surface area contributed by atoms with Gasteiger partial charge in [0, 0.05) is 18.3 Å². The molecule has 0 aliphatic carbocycles. The smallest absolute Gasteiger partial charge is 0.254 e. The minimum Gasteiger partial charge on any atom is -0.493 e. The molecular formula is C21H24ClFN2O4. The van der Waals surface area contributed by atoms with Crippen LogP contribution in [0, 0.1) is 5.82 Å². The molecule has 0 aliphatic heterocycles. The molecule has 156 valence electrons. The van der Waals surface area contributed by atoms with Gasteiger partial charge in [-0.15, -0.1) is 0 Å². The van der Waals surface area contributed by atoms with E-state index in [1.807, 2.05) is 6.92 Å². The van der Waals surface area contributed by atoms with Gasteiger partial charge in [0.15, 0.2) is 11.5 Å². The third kappa shape index (κ3) is 6.35. The number of amides is 2. The van der Waals surface area contributed by atoms with Gasteiger partial charge in [-0.25, -0.2) is 4.39 Å². The number of rotatable bonds is 9. The zero-order chi connectivity index (χ0) is 21.4. The highest BCUT2D eigenvalue weighted by Crippen LogP contribution is 2.36. The number of nitrogens with one attached hydrogen (secondary N) is 1. The first-order valence-electron chi connectivity index (χ1n) is 9.17. The van der Waals surface area contributed by atoms with Gasteiger partial charge < -0.3 is 19.7 Å². The van der Waals surface area contributed by atoms with E-state index in [1.54, 1.807) is 0 Å². The molecule has 0 spiro atoms. The van der Waals surface area contributed by atoms with Crippen LogP contribution in [0.25, 0.3) is 0 Å². The van der Waals surface area contributed by atoms with Crippen molar-refractivity contribution in [1.82, 2.24) is 4.90 Å². The Kier molecular flexibility index (Phi) is 8.27. The quantitative estimate of drug-likeness (QED) is 0.609. The third-order valence-electron chi connectivity index (χ3n) is 4.08. The summed E-state index contributed by atoms with van der Waals surface area (Å²) in [7, 11) is 2.96. The predicted octanol–water partition coefficient (Wildman–Crippen LogP) is 4.38. The maximum Gasteiger partial charge on any atom is 0.254 e. The van der Waals surface area contributed by atoms with Crippen molar-refractivity contribution < 1.29 is 23.5 Å². The molecule has 0 saturated heterocycles. The van der Waals surface area contributed by atoms with E-state index in [-0.39, 0.29) is 17.1 Å².